The van der Waals surface area contributed by atoms with E-state index in [-0.39, 0.29) is 41.4 Å². The van der Waals surface area contributed by atoms with Crippen molar-refractivity contribution in [3.8, 4) is 0 Å². The molecular weight excluding hydrogens is 671 g/mol. The van der Waals surface area contributed by atoms with Crippen LogP contribution in [0.1, 0.15) is 78.8 Å². The van der Waals surface area contributed by atoms with Gasteiger partial charge in [0.2, 0.25) is 0 Å². The van der Waals surface area contributed by atoms with Gasteiger partial charge in [-0.2, -0.15) is 44.3 Å². The fourth-order valence-corrected chi connectivity index (χ4v) is 6.36. The molecule has 1 heterocycles. The summed E-state index contributed by atoms with van der Waals surface area (Å²) in [4.78, 5) is 15.3. The molecule has 0 amide bonds. The molecule has 1 aromatic heterocycles. The number of carboxylic acid groups (broad SMARTS) is 1. The Balaban J connectivity index is 1.77. The summed E-state index contributed by atoms with van der Waals surface area (Å²) in [6.45, 7) is 3.09. The molecule has 3 aromatic rings. The van der Waals surface area contributed by atoms with Crippen LogP contribution in [0.2, 0.25) is 0 Å². The number of tetrazole rings is 1. The SMILES string of the molecule is CCCN(C[C@H]1CC[C@H](CC(=O)O)CC1)c1cc(C)c(C(F)(F)F)cc1CN(Cc1cc(C(F)(F)F)cc(C(F)(F)F)c1)c1nnn(C)n1. The first-order chi connectivity index (χ1) is 22.7. The Morgan fingerprint density at radius 1 is 0.857 bits per heavy atom. The van der Waals surface area contributed by atoms with E-state index >= 15 is 0 Å². The van der Waals surface area contributed by atoms with Gasteiger partial charge < -0.3 is 14.9 Å². The number of nitrogens with zero attached hydrogens (tertiary/aromatic N) is 6. The highest BCUT2D eigenvalue weighted by atomic mass is 19.4. The van der Waals surface area contributed by atoms with Gasteiger partial charge in [0, 0.05) is 38.3 Å². The number of anilines is 2. The molecule has 1 fully saturated rings. The third kappa shape index (κ3) is 10.00. The number of aryl methyl sites for hydroxylation is 2. The second-order valence-corrected chi connectivity index (χ2v) is 12.6. The Kier molecular flexibility index (Phi) is 11.4. The number of aliphatic carboxylic acids is 1. The van der Waals surface area contributed by atoms with Gasteiger partial charge in [-0.1, -0.05) is 12.0 Å². The molecule has 8 nitrogen and oxygen atoms in total. The van der Waals surface area contributed by atoms with Crippen LogP contribution >= 0.6 is 0 Å². The monoisotopic (exact) mass is 708 g/mol. The highest BCUT2D eigenvalue weighted by Gasteiger charge is 2.38. The van der Waals surface area contributed by atoms with E-state index in [1.807, 2.05) is 11.8 Å². The zero-order chi connectivity index (χ0) is 36.3. The first-order valence-corrected chi connectivity index (χ1v) is 15.7. The van der Waals surface area contributed by atoms with Crippen molar-refractivity contribution < 1.29 is 49.4 Å². The van der Waals surface area contributed by atoms with Crippen LogP contribution in [0.25, 0.3) is 0 Å². The lowest BCUT2D eigenvalue weighted by Gasteiger charge is -2.35. The lowest BCUT2D eigenvalue weighted by Crippen LogP contribution is -2.34. The van der Waals surface area contributed by atoms with E-state index < -0.39 is 59.8 Å². The fraction of sp³-hybridized carbons (Fsp3) is 0.562. The van der Waals surface area contributed by atoms with Gasteiger partial charge in [-0.25, -0.2) is 0 Å². The third-order valence-electron chi connectivity index (χ3n) is 8.64. The highest BCUT2D eigenvalue weighted by molar-refractivity contribution is 5.67. The largest absolute Gasteiger partial charge is 0.481 e. The predicted octanol–water partition coefficient (Wildman–Crippen LogP) is 8.28. The van der Waals surface area contributed by atoms with Gasteiger partial charge in [0.15, 0.2) is 0 Å². The fourth-order valence-electron chi connectivity index (χ4n) is 6.36. The topological polar surface area (TPSA) is 87.4 Å². The Bertz CT molecular complexity index is 1560. The molecule has 0 atom stereocenters. The molecule has 270 valence electrons. The summed E-state index contributed by atoms with van der Waals surface area (Å²) in [5.41, 5.74) is -3.95. The Morgan fingerprint density at radius 3 is 1.94 bits per heavy atom. The van der Waals surface area contributed by atoms with Crippen LogP contribution in [-0.2, 0) is 43.5 Å². The van der Waals surface area contributed by atoms with Crippen molar-refractivity contribution >= 4 is 17.6 Å². The molecule has 0 saturated heterocycles. The van der Waals surface area contributed by atoms with Crippen molar-refractivity contribution in [1.29, 1.82) is 0 Å². The van der Waals surface area contributed by atoms with Gasteiger partial charge in [-0.3, -0.25) is 4.79 Å². The molecule has 1 aliphatic carbocycles. The standard InChI is InChI=1S/C32H37F9N6O2/c1-4-9-46(16-21-7-5-20(6-8-21)13-28(48)49)27-10-19(2)26(32(39,40)41)14-23(27)18-47(29-42-44-45(3)43-29)17-22-11-24(30(33,34)35)15-25(12-22)31(36,37)38/h10-12,14-15,20-21H,4-9,13,16-18H2,1-3H3,(H,48,49)/t20-,21-. The molecule has 49 heavy (non-hydrogen) atoms. The van der Waals surface area contributed by atoms with E-state index in [0.29, 0.717) is 50.2 Å². The van der Waals surface area contributed by atoms with Crippen LogP contribution in [0.3, 0.4) is 0 Å². The minimum Gasteiger partial charge on any atom is -0.481 e. The average Bonchev–Trinajstić information content (AvgIpc) is 3.42. The zero-order valence-corrected chi connectivity index (χ0v) is 27.1. The Morgan fingerprint density at radius 2 is 1.45 bits per heavy atom. The number of alkyl halides is 9. The third-order valence-corrected chi connectivity index (χ3v) is 8.64. The maximum atomic E-state index is 14.2. The Labute approximate surface area is 276 Å². The molecule has 1 saturated carbocycles. The molecule has 0 radical (unpaired) electrons. The molecule has 0 spiro atoms. The van der Waals surface area contributed by atoms with Gasteiger partial charge in [0.05, 0.1) is 23.7 Å². The maximum absolute atomic E-state index is 14.2. The number of hydrogen-bond donors (Lipinski definition) is 1. The summed E-state index contributed by atoms with van der Waals surface area (Å²) in [6, 6.07) is 3.46. The minimum atomic E-state index is -5.11. The van der Waals surface area contributed by atoms with Crippen molar-refractivity contribution in [2.24, 2.45) is 18.9 Å². The van der Waals surface area contributed by atoms with Crippen molar-refractivity contribution in [2.45, 2.75) is 84.0 Å². The van der Waals surface area contributed by atoms with Crippen molar-refractivity contribution in [2.75, 3.05) is 22.9 Å². The van der Waals surface area contributed by atoms with Gasteiger partial charge in [-0.05, 0) is 103 Å². The van der Waals surface area contributed by atoms with Crippen molar-refractivity contribution in [3.63, 3.8) is 0 Å². The lowest BCUT2D eigenvalue weighted by atomic mass is 9.80. The van der Waals surface area contributed by atoms with E-state index in [9.17, 15) is 49.4 Å². The van der Waals surface area contributed by atoms with E-state index in [2.05, 4.69) is 15.4 Å². The summed E-state index contributed by atoms with van der Waals surface area (Å²) >= 11 is 0. The van der Waals surface area contributed by atoms with E-state index in [0.717, 1.165) is 23.7 Å². The number of benzene rings is 2. The average molecular weight is 709 g/mol. The van der Waals surface area contributed by atoms with Crippen LogP contribution in [0, 0.1) is 18.8 Å². The van der Waals surface area contributed by atoms with E-state index in [1.165, 1.54) is 24.9 Å². The van der Waals surface area contributed by atoms with Gasteiger partial charge in [0.1, 0.15) is 0 Å². The molecule has 0 bridgehead atoms. The van der Waals surface area contributed by atoms with Crippen LogP contribution < -0.4 is 9.80 Å². The maximum Gasteiger partial charge on any atom is 0.416 e. The predicted molar refractivity (Wildman–Crippen MR) is 162 cm³/mol. The van der Waals surface area contributed by atoms with Crippen molar-refractivity contribution in [1.82, 2.24) is 20.2 Å². The van der Waals surface area contributed by atoms with Crippen molar-refractivity contribution in [3.05, 3.63) is 63.7 Å². The molecule has 0 unspecified atom stereocenters. The number of halogens is 9. The minimum absolute atomic E-state index is 0.000135. The smallest absolute Gasteiger partial charge is 0.416 e. The summed E-state index contributed by atoms with van der Waals surface area (Å²) in [5.74, 6) is -0.926. The van der Waals surface area contributed by atoms with Crippen LogP contribution in [-0.4, -0.2) is 44.4 Å². The summed E-state index contributed by atoms with van der Waals surface area (Å²) in [7, 11) is 1.38. The van der Waals surface area contributed by atoms with Crippen LogP contribution in [0.15, 0.2) is 30.3 Å². The molecular formula is C32H37F9N6O2. The lowest BCUT2D eigenvalue weighted by molar-refractivity contribution is -0.143. The molecule has 17 heteroatoms. The van der Waals surface area contributed by atoms with E-state index in [4.69, 9.17) is 0 Å². The van der Waals surface area contributed by atoms with Gasteiger partial charge in [-0.15, -0.1) is 5.10 Å². The number of rotatable bonds is 12. The molecule has 1 N–H and O–H groups in total. The van der Waals surface area contributed by atoms with Crippen LogP contribution in [0.4, 0.5) is 51.1 Å². The van der Waals surface area contributed by atoms with Gasteiger partial charge >= 0.3 is 24.5 Å². The number of aromatic nitrogens is 4. The quantitative estimate of drug-likeness (QED) is 0.190. The molecule has 4 rings (SSSR count). The summed E-state index contributed by atoms with van der Waals surface area (Å²) < 4.78 is 125. The highest BCUT2D eigenvalue weighted by Crippen LogP contribution is 2.40. The molecule has 2 aromatic carbocycles. The second-order valence-electron chi connectivity index (χ2n) is 12.6. The number of carbonyl (C=O) groups is 1. The normalized spacial score (nSPS) is 17.3. The number of hydrogen-bond acceptors (Lipinski definition) is 6. The second kappa shape index (κ2) is 14.8. The zero-order valence-electron chi connectivity index (χ0n) is 27.1. The van der Waals surface area contributed by atoms with Crippen LogP contribution in [0.5, 0.6) is 0 Å². The van der Waals surface area contributed by atoms with E-state index in [1.54, 1.807) is 0 Å². The number of carboxylic acids is 1. The Hall–Kier alpha value is -4.05. The van der Waals surface area contributed by atoms with Gasteiger partial charge in [0.25, 0.3) is 5.95 Å². The first-order valence-electron chi connectivity index (χ1n) is 15.7. The summed E-state index contributed by atoms with van der Waals surface area (Å²) in [5, 5.41) is 20.8. The first kappa shape index (κ1) is 37.8. The molecule has 1 aliphatic rings. The summed E-state index contributed by atoms with van der Waals surface area (Å²) in [6.07, 6.45) is -11.5. The molecule has 0 aliphatic heterocycles.